The third-order valence-corrected chi connectivity index (χ3v) is 4.95. The van der Waals surface area contributed by atoms with Crippen LogP contribution in [-0.4, -0.2) is 37.4 Å². The van der Waals surface area contributed by atoms with Crippen LogP contribution in [0.3, 0.4) is 0 Å². The maximum atomic E-state index is 12.7. The van der Waals surface area contributed by atoms with Gasteiger partial charge in [0.2, 0.25) is 5.78 Å². The number of nitrogens with two attached hydrogens (primary N) is 2. The van der Waals surface area contributed by atoms with Crippen molar-refractivity contribution in [1.82, 2.24) is 4.31 Å². The van der Waals surface area contributed by atoms with Crippen LogP contribution in [0.25, 0.3) is 0 Å². The molecular weight excluding hydrogens is 361 g/mol. The maximum Gasteiger partial charge on any atom is 0.416 e. The average Bonchev–Trinajstić information content (AvgIpc) is 2.53. The second kappa shape index (κ2) is 7.10. The van der Waals surface area contributed by atoms with Gasteiger partial charge >= 0.3 is 6.18 Å². The molecule has 1 fully saturated rings. The SMILES string of the molecule is NC(=Nc1cccc(C(F)(F)F)c1)C(=O)C1CCN(S(N)(=O)=O)CC1. The van der Waals surface area contributed by atoms with E-state index in [2.05, 4.69) is 4.99 Å². The van der Waals surface area contributed by atoms with E-state index in [0.29, 0.717) is 0 Å². The molecule has 0 amide bonds. The largest absolute Gasteiger partial charge is 0.416 e. The highest BCUT2D eigenvalue weighted by molar-refractivity contribution is 7.86. The fourth-order valence-corrected chi connectivity index (χ4v) is 3.25. The van der Waals surface area contributed by atoms with E-state index in [-0.39, 0.29) is 31.6 Å². The summed E-state index contributed by atoms with van der Waals surface area (Å²) in [6.45, 7) is 0.151. The number of piperidine rings is 1. The van der Waals surface area contributed by atoms with Crippen molar-refractivity contribution in [3.63, 3.8) is 0 Å². The molecular formula is C14H17F3N4O3S. The first kappa shape index (κ1) is 19.3. The van der Waals surface area contributed by atoms with Gasteiger partial charge < -0.3 is 5.73 Å². The van der Waals surface area contributed by atoms with Crippen LogP contribution in [0.4, 0.5) is 18.9 Å². The fraction of sp³-hybridized carbons (Fsp3) is 0.429. The number of nitrogens with zero attached hydrogens (tertiary/aromatic N) is 2. The number of carbonyl (C=O) groups is 1. The fourth-order valence-electron chi connectivity index (χ4n) is 2.53. The number of hydrogen-bond acceptors (Lipinski definition) is 4. The molecule has 1 aromatic carbocycles. The van der Waals surface area contributed by atoms with Crippen molar-refractivity contribution in [3.05, 3.63) is 29.8 Å². The van der Waals surface area contributed by atoms with Gasteiger partial charge in [-0.2, -0.15) is 25.9 Å². The Morgan fingerprint density at radius 2 is 1.84 bits per heavy atom. The van der Waals surface area contributed by atoms with E-state index in [9.17, 15) is 26.4 Å². The lowest BCUT2D eigenvalue weighted by Crippen LogP contribution is -2.45. The van der Waals surface area contributed by atoms with E-state index in [1.54, 1.807) is 0 Å². The summed E-state index contributed by atoms with van der Waals surface area (Å²) < 4.78 is 61.5. The van der Waals surface area contributed by atoms with E-state index >= 15 is 0 Å². The molecule has 0 spiro atoms. The van der Waals surface area contributed by atoms with Crippen molar-refractivity contribution in [3.8, 4) is 0 Å². The summed E-state index contributed by atoms with van der Waals surface area (Å²) in [6.07, 6.45) is -4.09. The number of rotatable bonds is 4. The molecule has 1 heterocycles. The van der Waals surface area contributed by atoms with E-state index in [0.717, 1.165) is 16.4 Å². The van der Waals surface area contributed by atoms with Crippen LogP contribution in [0, 0.1) is 5.92 Å². The van der Waals surface area contributed by atoms with Gasteiger partial charge in [-0.3, -0.25) is 4.79 Å². The lowest BCUT2D eigenvalue weighted by Gasteiger charge is -2.28. The van der Waals surface area contributed by atoms with Gasteiger partial charge in [-0.05, 0) is 31.0 Å². The lowest BCUT2D eigenvalue weighted by molar-refractivity contribution is -0.137. The molecule has 0 bridgehead atoms. The highest BCUT2D eigenvalue weighted by Crippen LogP contribution is 2.31. The Morgan fingerprint density at radius 1 is 1.24 bits per heavy atom. The smallest absolute Gasteiger partial charge is 0.381 e. The van der Waals surface area contributed by atoms with Gasteiger partial charge in [0.1, 0.15) is 0 Å². The van der Waals surface area contributed by atoms with Gasteiger partial charge in [0, 0.05) is 19.0 Å². The first-order chi connectivity index (χ1) is 11.5. The molecule has 11 heteroatoms. The van der Waals surface area contributed by atoms with E-state index in [4.69, 9.17) is 10.9 Å². The Balaban J connectivity index is 2.09. The minimum absolute atomic E-state index is 0.0755. The summed E-state index contributed by atoms with van der Waals surface area (Å²) >= 11 is 0. The highest BCUT2D eigenvalue weighted by atomic mass is 32.2. The number of benzene rings is 1. The predicted octanol–water partition coefficient (Wildman–Crippen LogP) is 1.18. The molecule has 1 aliphatic rings. The number of halogens is 3. The van der Waals surface area contributed by atoms with Crippen LogP contribution < -0.4 is 10.9 Å². The van der Waals surface area contributed by atoms with E-state index < -0.39 is 39.5 Å². The van der Waals surface area contributed by atoms with Gasteiger partial charge in [-0.25, -0.2) is 10.1 Å². The molecule has 0 radical (unpaired) electrons. The second-order valence-corrected chi connectivity index (χ2v) is 7.17. The van der Waals surface area contributed by atoms with Gasteiger partial charge in [-0.1, -0.05) is 6.07 Å². The van der Waals surface area contributed by atoms with Crippen LogP contribution in [-0.2, 0) is 21.2 Å². The van der Waals surface area contributed by atoms with Crippen LogP contribution >= 0.6 is 0 Å². The zero-order valence-corrected chi connectivity index (χ0v) is 13.8. The molecule has 7 nitrogen and oxygen atoms in total. The van der Waals surface area contributed by atoms with E-state index in [1.165, 1.54) is 12.1 Å². The number of alkyl halides is 3. The summed E-state index contributed by atoms with van der Waals surface area (Å²) in [6, 6.07) is 4.16. The number of amidine groups is 1. The van der Waals surface area contributed by atoms with Crippen molar-refractivity contribution in [2.75, 3.05) is 13.1 Å². The molecule has 4 N–H and O–H groups in total. The summed E-state index contributed by atoms with van der Waals surface area (Å²) in [4.78, 5) is 16.0. The summed E-state index contributed by atoms with van der Waals surface area (Å²) in [5.74, 6) is -1.48. The highest BCUT2D eigenvalue weighted by Gasteiger charge is 2.32. The summed E-state index contributed by atoms with van der Waals surface area (Å²) in [5.41, 5.74) is 4.65. The Morgan fingerprint density at radius 3 is 2.36 bits per heavy atom. The zero-order chi connectivity index (χ0) is 18.8. The van der Waals surface area contributed by atoms with Gasteiger partial charge in [0.15, 0.2) is 5.84 Å². The molecule has 25 heavy (non-hydrogen) atoms. The third-order valence-electron chi connectivity index (χ3n) is 3.86. The number of carbonyl (C=O) groups excluding carboxylic acids is 1. The summed E-state index contributed by atoms with van der Waals surface area (Å²) in [5, 5.41) is 5.02. The Labute approximate surface area is 142 Å². The molecule has 0 aromatic heterocycles. The first-order valence-electron chi connectivity index (χ1n) is 7.32. The normalized spacial score (nSPS) is 18.3. The van der Waals surface area contributed by atoms with Crippen molar-refractivity contribution < 1.29 is 26.4 Å². The summed E-state index contributed by atoms with van der Waals surface area (Å²) in [7, 11) is -3.81. The average molecular weight is 378 g/mol. The molecule has 1 aliphatic heterocycles. The molecule has 0 aliphatic carbocycles. The predicted molar refractivity (Wildman–Crippen MR) is 85.1 cm³/mol. The second-order valence-electron chi connectivity index (χ2n) is 5.63. The minimum Gasteiger partial charge on any atom is -0.381 e. The number of hydrogen-bond donors (Lipinski definition) is 2. The number of Topliss-reactive ketones (excluding diaryl/α,β-unsaturated/α-hetero) is 1. The van der Waals surface area contributed by atoms with Crippen LogP contribution in [0.5, 0.6) is 0 Å². The molecule has 0 atom stereocenters. The molecule has 138 valence electrons. The molecule has 1 saturated heterocycles. The Hall–Kier alpha value is -1.98. The Kier molecular flexibility index (Phi) is 5.49. The number of aliphatic imine (C=N–C) groups is 1. The van der Waals surface area contributed by atoms with Crippen molar-refractivity contribution in [2.24, 2.45) is 21.8 Å². The van der Waals surface area contributed by atoms with Crippen molar-refractivity contribution >= 4 is 27.5 Å². The topological polar surface area (TPSA) is 119 Å². The Bertz CT molecular complexity index is 785. The third kappa shape index (κ3) is 5.00. The molecule has 0 saturated carbocycles. The van der Waals surface area contributed by atoms with Crippen LogP contribution in [0.15, 0.2) is 29.3 Å². The first-order valence-corrected chi connectivity index (χ1v) is 8.82. The standard InChI is InChI=1S/C14H17F3N4O3S/c15-14(16,17)10-2-1-3-11(8-10)20-13(18)12(22)9-4-6-21(7-5-9)25(19,23)24/h1-3,8-9H,4-7H2,(H2,18,20)(H2,19,23,24). The maximum absolute atomic E-state index is 12.7. The minimum atomic E-state index is -4.52. The monoisotopic (exact) mass is 378 g/mol. The van der Waals surface area contributed by atoms with Crippen molar-refractivity contribution in [1.29, 1.82) is 0 Å². The van der Waals surface area contributed by atoms with Gasteiger partial charge in [0.25, 0.3) is 10.2 Å². The zero-order valence-electron chi connectivity index (χ0n) is 13.0. The molecule has 1 aromatic rings. The quantitative estimate of drug-likeness (QED) is 0.604. The van der Waals surface area contributed by atoms with Crippen molar-refractivity contribution in [2.45, 2.75) is 19.0 Å². The molecule has 2 rings (SSSR count). The van der Waals surface area contributed by atoms with Gasteiger partial charge in [0.05, 0.1) is 11.3 Å². The number of ketones is 1. The van der Waals surface area contributed by atoms with Crippen LogP contribution in [0.2, 0.25) is 0 Å². The van der Waals surface area contributed by atoms with Gasteiger partial charge in [-0.15, -0.1) is 0 Å². The van der Waals surface area contributed by atoms with E-state index in [1.807, 2.05) is 0 Å². The lowest BCUT2D eigenvalue weighted by atomic mass is 9.93. The molecule has 0 unspecified atom stereocenters. The van der Waals surface area contributed by atoms with Crippen LogP contribution in [0.1, 0.15) is 18.4 Å².